The third kappa shape index (κ3) is 2.90. The van der Waals surface area contributed by atoms with Gasteiger partial charge in [-0.3, -0.25) is 0 Å². The first-order valence-electron chi connectivity index (χ1n) is 6.56. The molecule has 2 unspecified atom stereocenters. The topological polar surface area (TPSA) is 64.3 Å². The average Bonchev–Trinajstić information content (AvgIpc) is 2.70. The van der Waals surface area contributed by atoms with E-state index < -0.39 is 0 Å². The molecule has 2 atom stereocenters. The van der Waals surface area contributed by atoms with E-state index in [1.54, 1.807) is 12.3 Å². The van der Waals surface area contributed by atoms with E-state index in [0.29, 0.717) is 17.8 Å². The highest BCUT2D eigenvalue weighted by Gasteiger charge is 2.29. The molecule has 0 aromatic carbocycles. The molecule has 2 heterocycles. The van der Waals surface area contributed by atoms with Crippen LogP contribution >= 0.6 is 0 Å². The zero-order valence-electron chi connectivity index (χ0n) is 11.3. The molecule has 2 rings (SSSR count). The summed E-state index contributed by atoms with van der Waals surface area (Å²) in [6.45, 7) is 7.83. The van der Waals surface area contributed by atoms with Crippen LogP contribution in [-0.2, 0) is 0 Å². The zero-order valence-corrected chi connectivity index (χ0v) is 11.3. The van der Waals surface area contributed by atoms with Crippen LogP contribution in [0.25, 0.3) is 0 Å². The average molecular weight is 250 g/mol. The van der Waals surface area contributed by atoms with Crippen molar-refractivity contribution >= 4 is 5.95 Å². The van der Waals surface area contributed by atoms with Gasteiger partial charge in [-0.1, -0.05) is 0 Å². The Morgan fingerprint density at radius 1 is 1.56 bits per heavy atom. The molecule has 0 spiro atoms. The minimum atomic E-state index is 0.126. The molecular formula is C13H22N4O. The molecule has 1 aliphatic heterocycles. The summed E-state index contributed by atoms with van der Waals surface area (Å²) in [6.07, 6.45) is 2.98. The molecule has 0 saturated carbocycles. The van der Waals surface area contributed by atoms with E-state index in [4.69, 9.17) is 10.5 Å². The van der Waals surface area contributed by atoms with Gasteiger partial charge in [-0.25, -0.2) is 4.98 Å². The van der Waals surface area contributed by atoms with E-state index in [9.17, 15) is 0 Å². The molecule has 5 nitrogen and oxygen atoms in total. The van der Waals surface area contributed by atoms with E-state index in [1.165, 1.54) is 0 Å². The Hall–Kier alpha value is -1.36. The molecule has 0 radical (unpaired) electrons. The van der Waals surface area contributed by atoms with Gasteiger partial charge in [0.1, 0.15) is 0 Å². The molecule has 1 saturated heterocycles. The van der Waals surface area contributed by atoms with Crippen LogP contribution in [0, 0.1) is 5.92 Å². The van der Waals surface area contributed by atoms with Gasteiger partial charge < -0.3 is 15.4 Å². The van der Waals surface area contributed by atoms with Crippen LogP contribution in [0.5, 0.6) is 5.88 Å². The fraction of sp³-hybridized carbons (Fsp3) is 0.692. The first kappa shape index (κ1) is 13.1. The van der Waals surface area contributed by atoms with Crippen molar-refractivity contribution < 1.29 is 4.74 Å². The van der Waals surface area contributed by atoms with Crippen LogP contribution in [0.3, 0.4) is 0 Å². The summed E-state index contributed by atoms with van der Waals surface area (Å²) in [5, 5.41) is 0. The van der Waals surface area contributed by atoms with Crippen LogP contribution in [0.1, 0.15) is 27.2 Å². The Labute approximate surface area is 108 Å². The van der Waals surface area contributed by atoms with Crippen molar-refractivity contribution in [2.45, 2.75) is 39.3 Å². The van der Waals surface area contributed by atoms with E-state index in [0.717, 1.165) is 25.5 Å². The predicted molar refractivity (Wildman–Crippen MR) is 71.8 cm³/mol. The van der Waals surface area contributed by atoms with E-state index in [2.05, 4.69) is 21.8 Å². The molecule has 18 heavy (non-hydrogen) atoms. The van der Waals surface area contributed by atoms with Crippen molar-refractivity contribution in [1.29, 1.82) is 0 Å². The summed E-state index contributed by atoms with van der Waals surface area (Å²) in [7, 11) is 0. The van der Waals surface area contributed by atoms with Crippen molar-refractivity contribution in [3.8, 4) is 5.88 Å². The lowest BCUT2D eigenvalue weighted by atomic mass is 10.1. The summed E-state index contributed by atoms with van der Waals surface area (Å²) in [4.78, 5) is 11.0. The van der Waals surface area contributed by atoms with Crippen LogP contribution in [0.4, 0.5) is 5.95 Å². The highest BCUT2D eigenvalue weighted by Crippen LogP contribution is 2.26. The lowest BCUT2D eigenvalue weighted by Gasteiger charge is -2.21. The van der Waals surface area contributed by atoms with Gasteiger partial charge in [0.15, 0.2) is 0 Å². The van der Waals surface area contributed by atoms with Gasteiger partial charge in [0, 0.05) is 24.8 Å². The maximum Gasteiger partial charge on any atom is 0.228 e. The number of anilines is 1. The SMILES string of the molecule is CC(C)Oc1ccnc(N2CC(CN)CC2C)n1. The lowest BCUT2D eigenvalue weighted by Crippen LogP contribution is -2.29. The number of rotatable bonds is 4. The van der Waals surface area contributed by atoms with Crippen LogP contribution < -0.4 is 15.4 Å². The predicted octanol–water partition coefficient (Wildman–Crippen LogP) is 1.44. The number of ether oxygens (including phenoxy) is 1. The minimum absolute atomic E-state index is 0.126. The van der Waals surface area contributed by atoms with Crippen molar-refractivity contribution in [1.82, 2.24) is 9.97 Å². The number of hydrogen-bond donors (Lipinski definition) is 1. The van der Waals surface area contributed by atoms with Crippen LogP contribution in [-0.4, -0.2) is 35.2 Å². The molecule has 1 aromatic rings. The third-order valence-corrected chi connectivity index (χ3v) is 3.23. The largest absolute Gasteiger partial charge is 0.475 e. The molecule has 2 N–H and O–H groups in total. The Kier molecular flexibility index (Phi) is 4.01. The second-order valence-electron chi connectivity index (χ2n) is 5.20. The molecular weight excluding hydrogens is 228 g/mol. The second-order valence-corrected chi connectivity index (χ2v) is 5.20. The molecule has 0 aliphatic carbocycles. The Balaban J connectivity index is 2.13. The summed E-state index contributed by atoms with van der Waals surface area (Å²) < 4.78 is 5.60. The van der Waals surface area contributed by atoms with Gasteiger partial charge in [0.05, 0.1) is 6.10 Å². The molecule has 1 fully saturated rings. The third-order valence-electron chi connectivity index (χ3n) is 3.23. The lowest BCUT2D eigenvalue weighted by molar-refractivity contribution is 0.232. The van der Waals surface area contributed by atoms with Crippen LogP contribution in [0.15, 0.2) is 12.3 Å². The highest BCUT2D eigenvalue weighted by molar-refractivity contribution is 5.35. The van der Waals surface area contributed by atoms with Gasteiger partial charge in [-0.2, -0.15) is 4.98 Å². The summed E-state index contributed by atoms with van der Waals surface area (Å²) in [5.74, 6) is 1.92. The maximum atomic E-state index is 5.74. The zero-order chi connectivity index (χ0) is 13.1. The Morgan fingerprint density at radius 3 is 2.94 bits per heavy atom. The fourth-order valence-electron chi connectivity index (χ4n) is 2.37. The summed E-state index contributed by atoms with van der Waals surface area (Å²) in [5.41, 5.74) is 5.74. The smallest absolute Gasteiger partial charge is 0.228 e. The normalized spacial score (nSPS) is 23.7. The van der Waals surface area contributed by atoms with E-state index in [1.807, 2.05) is 13.8 Å². The summed E-state index contributed by atoms with van der Waals surface area (Å²) >= 11 is 0. The summed E-state index contributed by atoms with van der Waals surface area (Å²) in [6, 6.07) is 2.23. The highest BCUT2D eigenvalue weighted by atomic mass is 16.5. The molecule has 0 amide bonds. The fourth-order valence-corrected chi connectivity index (χ4v) is 2.37. The number of hydrogen-bond acceptors (Lipinski definition) is 5. The minimum Gasteiger partial charge on any atom is -0.475 e. The van der Waals surface area contributed by atoms with Crippen molar-refractivity contribution in [2.24, 2.45) is 11.7 Å². The quantitative estimate of drug-likeness (QED) is 0.876. The van der Waals surface area contributed by atoms with Crippen molar-refractivity contribution in [2.75, 3.05) is 18.0 Å². The number of aromatic nitrogens is 2. The van der Waals surface area contributed by atoms with Crippen molar-refractivity contribution in [3.63, 3.8) is 0 Å². The Bertz CT molecular complexity index is 396. The van der Waals surface area contributed by atoms with E-state index in [-0.39, 0.29) is 6.10 Å². The number of nitrogens with two attached hydrogens (primary N) is 1. The number of nitrogens with zero attached hydrogens (tertiary/aromatic N) is 3. The molecule has 1 aliphatic rings. The van der Waals surface area contributed by atoms with E-state index >= 15 is 0 Å². The molecule has 5 heteroatoms. The first-order valence-corrected chi connectivity index (χ1v) is 6.56. The first-order chi connectivity index (χ1) is 8.60. The van der Waals surface area contributed by atoms with Gasteiger partial charge >= 0.3 is 0 Å². The maximum absolute atomic E-state index is 5.74. The van der Waals surface area contributed by atoms with Gasteiger partial charge in [-0.05, 0) is 39.7 Å². The van der Waals surface area contributed by atoms with Crippen molar-refractivity contribution in [3.05, 3.63) is 12.3 Å². The Morgan fingerprint density at radius 2 is 2.33 bits per heavy atom. The van der Waals surface area contributed by atoms with Gasteiger partial charge in [-0.15, -0.1) is 0 Å². The molecule has 100 valence electrons. The monoisotopic (exact) mass is 250 g/mol. The second kappa shape index (κ2) is 5.52. The standard InChI is InChI=1S/C13H22N4O/c1-9(2)18-12-4-5-15-13(16-12)17-8-11(7-14)6-10(17)3/h4-5,9-11H,6-8,14H2,1-3H3. The molecule has 1 aromatic heterocycles. The van der Waals surface area contributed by atoms with Gasteiger partial charge in [0.25, 0.3) is 0 Å². The van der Waals surface area contributed by atoms with Crippen LogP contribution in [0.2, 0.25) is 0 Å². The molecule has 0 bridgehead atoms. The van der Waals surface area contributed by atoms with Gasteiger partial charge in [0.2, 0.25) is 11.8 Å².